The maximum Gasteiger partial charge on any atom is 0.137 e. The largest absolute Gasteiger partial charge is 0.456 e. The Morgan fingerprint density at radius 3 is 2.17 bits per heavy atom. The van der Waals surface area contributed by atoms with Gasteiger partial charge in [0.05, 0.1) is 11.1 Å². The third kappa shape index (κ3) is 4.27. The van der Waals surface area contributed by atoms with Crippen LogP contribution in [0.4, 0.5) is 17.1 Å². The van der Waals surface area contributed by atoms with Gasteiger partial charge in [0, 0.05) is 16.8 Å². The molecule has 0 N–H and O–H groups in total. The predicted molar refractivity (Wildman–Crippen MR) is 204 cm³/mol. The van der Waals surface area contributed by atoms with Crippen LogP contribution in [0.5, 0.6) is 0 Å². The number of allylic oxidation sites excluding steroid dienone is 1. The van der Waals surface area contributed by atoms with Gasteiger partial charge in [0.15, 0.2) is 0 Å². The molecule has 0 fully saturated rings. The molecule has 8 aromatic carbocycles. The number of fused-ring (bicyclic) bond motifs is 9. The molecule has 0 spiro atoms. The summed E-state index contributed by atoms with van der Waals surface area (Å²) in [6.07, 6.45) is 6.76. The van der Waals surface area contributed by atoms with Gasteiger partial charge < -0.3 is 9.32 Å². The van der Waals surface area contributed by atoms with E-state index in [0.717, 1.165) is 51.8 Å². The molecule has 0 aliphatic heterocycles. The minimum absolute atomic E-state index is 0.886. The summed E-state index contributed by atoms with van der Waals surface area (Å²) in [5, 5.41) is 9.94. The lowest BCUT2D eigenvalue weighted by Crippen LogP contribution is -2.10. The lowest BCUT2D eigenvalue weighted by Gasteiger charge is -2.27. The van der Waals surface area contributed by atoms with Crippen LogP contribution in [0.2, 0.25) is 0 Å². The number of hydrogen-bond acceptors (Lipinski definition) is 2. The standard InChI is InChI=1S/C46H31NO/c1-2-10-33-28-34(17-16-30(33)8-1)31-18-22-36(23-19-31)47(43-13-7-15-45-46(43)42-12-5-6-14-44(42)48-45)37-24-27-39-35(29-37)21-26-40-38-11-4-3-9-32(38)20-25-41(39)40/h1-3,5-10,12-29H,4,11H2. The van der Waals surface area contributed by atoms with Gasteiger partial charge in [0.2, 0.25) is 0 Å². The zero-order valence-corrected chi connectivity index (χ0v) is 26.4. The molecule has 1 aromatic heterocycles. The maximum absolute atomic E-state index is 6.36. The normalized spacial score (nSPS) is 12.8. The molecule has 10 rings (SSSR count). The molecular formula is C46H31NO. The minimum Gasteiger partial charge on any atom is -0.456 e. The Morgan fingerprint density at radius 2 is 1.23 bits per heavy atom. The Morgan fingerprint density at radius 1 is 0.479 bits per heavy atom. The Hall–Kier alpha value is -6.12. The van der Waals surface area contributed by atoms with Crippen LogP contribution in [0.25, 0.3) is 71.5 Å². The van der Waals surface area contributed by atoms with Crippen LogP contribution in [0.15, 0.2) is 162 Å². The summed E-state index contributed by atoms with van der Waals surface area (Å²) < 4.78 is 6.36. The number of furan rings is 1. The number of rotatable bonds is 4. The highest BCUT2D eigenvalue weighted by molar-refractivity contribution is 6.14. The lowest BCUT2D eigenvalue weighted by molar-refractivity contribution is 0.669. The molecule has 2 heteroatoms. The van der Waals surface area contributed by atoms with Crippen LogP contribution >= 0.6 is 0 Å². The van der Waals surface area contributed by atoms with Gasteiger partial charge >= 0.3 is 0 Å². The van der Waals surface area contributed by atoms with Gasteiger partial charge in [0.25, 0.3) is 0 Å². The van der Waals surface area contributed by atoms with Crippen molar-refractivity contribution in [3.63, 3.8) is 0 Å². The van der Waals surface area contributed by atoms with E-state index in [2.05, 4.69) is 163 Å². The molecule has 0 unspecified atom stereocenters. The Labute approximate surface area is 278 Å². The van der Waals surface area contributed by atoms with Crippen LogP contribution in [0.3, 0.4) is 0 Å². The van der Waals surface area contributed by atoms with Crippen LogP contribution in [-0.4, -0.2) is 0 Å². The van der Waals surface area contributed by atoms with E-state index in [1.54, 1.807) is 0 Å². The van der Waals surface area contributed by atoms with Crippen LogP contribution in [0.1, 0.15) is 17.5 Å². The van der Waals surface area contributed by atoms with Gasteiger partial charge in [-0.15, -0.1) is 0 Å². The second kappa shape index (κ2) is 10.7. The molecule has 0 radical (unpaired) electrons. The van der Waals surface area contributed by atoms with Crippen molar-refractivity contribution in [2.45, 2.75) is 12.8 Å². The zero-order valence-electron chi connectivity index (χ0n) is 26.4. The first-order valence-corrected chi connectivity index (χ1v) is 16.7. The van der Waals surface area contributed by atoms with E-state index >= 15 is 0 Å². The smallest absolute Gasteiger partial charge is 0.137 e. The fourth-order valence-electron chi connectivity index (χ4n) is 7.77. The van der Waals surface area contributed by atoms with Gasteiger partial charge in [0.1, 0.15) is 11.2 Å². The fourth-order valence-corrected chi connectivity index (χ4v) is 7.77. The Balaban J connectivity index is 1.16. The highest BCUT2D eigenvalue weighted by Gasteiger charge is 2.20. The van der Waals surface area contributed by atoms with Gasteiger partial charge in [-0.2, -0.15) is 0 Å². The summed E-state index contributed by atoms with van der Waals surface area (Å²) in [6.45, 7) is 0. The number of anilines is 3. The average Bonchev–Trinajstić information content (AvgIpc) is 3.54. The summed E-state index contributed by atoms with van der Waals surface area (Å²) in [6, 6.07) is 55.1. The van der Waals surface area contributed by atoms with Crippen molar-refractivity contribution in [1.29, 1.82) is 0 Å². The summed E-state index contributed by atoms with van der Waals surface area (Å²) in [4.78, 5) is 2.38. The highest BCUT2D eigenvalue weighted by Crippen LogP contribution is 2.44. The van der Waals surface area contributed by atoms with Crippen molar-refractivity contribution in [2.75, 3.05) is 4.90 Å². The van der Waals surface area contributed by atoms with E-state index in [4.69, 9.17) is 4.42 Å². The zero-order chi connectivity index (χ0) is 31.6. The number of aryl methyl sites for hydroxylation is 1. The molecule has 48 heavy (non-hydrogen) atoms. The first-order chi connectivity index (χ1) is 23.8. The molecule has 0 saturated carbocycles. The van der Waals surface area contributed by atoms with Crippen LogP contribution < -0.4 is 4.90 Å². The fraction of sp³-hybridized carbons (Fsp3) is 0.0435. The van der Waals surface area contributed by atoms with Crippen molar-refractivity contribution >= 4 is 77.4 Å². The third-order valence-electron chi connectivity index (χ3n) is 10.1. The minimum atomic E-state index is 0.886. The second-order valence-corrected chi connectivity index (χ2v) is 12.8. The molecule has 0 bridgehead atoms. The number of benzene rings is 8. The van der Waals surface area contributed by atoms with E-state index in [-0.39, 0.29) is 0 Å². The average molecular weight is 614 g/mol. The summed E-state index contributed by atoms with van der Waals surface area (Å²) in [5.74, 6) is 0. The van der Waals surface area contributed by atoms with Crippen LogP contribution in [0, 0.1) is 0 Å². The lowest BCUT2D eigenvalue weighted by atomic mass is 9.90. The molecule has 0 saturated heterocycles. The molecule has 9 aromatic rings. The van der Waals surface area contributed by atoms with Gasteiger partial charge in [-0.3, -0.25) is 0 Å². The molecule has 1 aliphatic carbocycles. The first-order valence-electron chi connectivity index (χ1n) is 16.7. The summed E-state index contributed by atoms with van der Waals surface area (Å²) in [7, 11) is 0. The van der Waals surface area contributed by atoms with Crippen molar-refractivity contribution < 1.29 is 4.42 Å². The van der Waals surface area contributed by atoms with E-state index in [1.807, 2.05) is 6.07 Å². The number of para-hydroxylation sites is 1. The SMILES string of the molecule is C1=Cc2ccc3c(ccc4cc(N(c5ccc(-c6ccc7ccccc7c6)cc5)c5cccc6oc7ccccc7c56)ccc43)c2CC1. The Bertz CT molecular complexity index is 2730. The predicted octanol–water partition coefficient (Wildman–Crippen LogP) is 13.1. The Kier molecular flexibility index (Phi) is 6.04. The quantitative estimate of drug-likeness (QED) is 0.184. The molecule has 2 nitrogen and oxygen atoms in total. The van der Waals surface area contributed by atoms with Gasteiger partial charge in [-0.25, -0.2) is 0 Å². The van der Waals surface area contributed by atoms with Gasteiger partial charge in [-0.05, 0) is 116 Å². The maximum atomic E-state index is 6.36. The van der Waals surface area contributed by atoms with E-state index in [9.17, 15) is 0 Å². The van der Waals surface area contributed by atoms with Crippen molar-refractivity contribution in [2.24, 2.45) is 0 Å². The molecule has 1 heterocycles. The van der Waals surface area contributed by atoms with Crippen molar-refractivity contribution in [3.05, 3.63) is 169 Å². The van der Waals surface area contributed by atoms with Gasteiger partial charge in [-0.1, -0.05) is 115 Å². The molecule has 0 amide bonds. The molecule has 226 valence electrons. The van der Waals surface area contributed by atoms with Crippen molar-refractivity contribution in [1.82, 2.24) is 0 Å². The molecule has 1 aliphatic rings. The molecule has 0 atom stereocenters. The topological polar surface area (TPSA) is 16.4 Å². The number of hydrogen-bond donors (Lipinski definition) is 0. The van der Waals surface area contributed by atoms with Crippen molar-refractivity contribution in [3.8, 4) is 11.1 Å². The van der Waals surface area contributed by atoms with E-state index in [1.165, 1.54) is 54.6 Å². The van der Waals surface area contributed by atoms with Crippen LogP contribution in [-0.2, 0) is 6.42 Å². The second-order valence-electron chi connectivity index (χ2n) is 12.8. The first kappa shape index (κ1) is 27.0. The molecular weight excluding hydrogens is 583 g/mol. The monoisotopic (exact) mass is 613 g/mol. The van der Waals surface area contributed by atoms with E-state index in [0.29, 0.717) is 0 Å². The third-order valence-corrected chi connectivity index (χ3v) is 10.1. The number of nitrogens with zero attached hydrogens (tertiary/aromatic N) is 1. The highest BCUT2D eigenvalue weighted by atomic mass is 16.3. The summed E-state index contributed by atoms with van der Waals surface area (Å²) >= 11 is 0. The van der Waals surface area contributed by atoms with E-state index < -0.39 is 0 Å². The summed E-state index contributed by atoms with van der Waals surface area (Å²) in [5.41, 5.74) is 10.3.